The third kappa shape index (κ3) is 2.16. The van der Waals surface area contributed by atoms with Crippen molar-refractivity contribution >= 4 is 76.2 Å². The second kappa shape index (κ2) is 6.18. The molecule has 0 amide bonds. The predicted molar refractivity (Wildman–Crippen MR) is 143 cm³/mol. The van der Waals surface area contributed by atoms with E-state index in [1.165, 1.54) is 54.2 Å². The van der Waals surface area contributed by atoms with Crippen LogP contribution < -0.4 is 0 Å². The van der Waals surface area contributed by atoms with Crippen molar-refractivity contribution in [2.75, 3.05) is 0 Å². The normalized spacial score (nSPS) is 12.4. The molecular formula is C32H20O2. The Morgan fingerprint density at radius 1 is 0.471 bits per heavy atom. The Labute approximate surface area is 195 Å². The molecular weight excluding hydrogens is 416 g/mol. The Morgan fingerprint density at radius 3 is 2.03 bits per heavy atom. The van der Waals surface area contributed by atoms with Gasteiger partial charge in [0.25, 0.3) is 0 Å². The lowest BCUT2D eigenvalue weighted by Crippen LogP contribution is -1.92. The van der Waals surface area contributed by atoms with E-state index in [1.807, 2.05) is 0 Å². The lowest BCUT2D eigenvalue weighted by Gasteiger charge is -2.18. The smallest absolute Gasteiger partial charge is 0.143 e. The van der Waals surface area contributed by atoms with Crippen LogP contribution in [0.3, 0.4) is 0 Å². The molecule has 0 saturated heterocycles. The molecule has 6 aromatic carbocycles. The molecule has 0 N–H and O–H groups in total. The quantitative estimate of drug-likeness (QED) is 0.175. The van der Waals surface area contributed by atoms with Gasteiger partial charge >= 0.3 is 0 Å². The highest BCUT2D eigenvalue weighted by atomic mass is 16.3. The van der Waals surface area contributed by atoms with Gasteiger partial charge in [0, 0.05) is 37.7 Å². The summed E-state index contributed by atoms with van der Waals surface area (Å²) in [6.07, 6.45) is 0. The SMILES string of the molecule is Cc1cc(C)c2c(c1)oc1cccc3c1c2c1cccc2oc4c5ccccc5ccc4c3c21. The van der Waals surface area contributed by atoms with E-state index in [-0.39, 0.29) is 0 Å². The number of rotatable bonds is 0. The predicted octanol–water partition coefficient (Wildman–Crippen LogP) is 9.56. The third-order valence-electron chi connectivity index (χ3n) is 7.37. The van der Waals surface area contributed by atoms with Gasteiger partial charge < -0.3 is 8.83 Å². The molecule has 0 aliphatic carbocycles. The van der Waals surface area contributed by atoms with Gasteiger partial charge in [0.1, 0.15) is 22.3 Å². The number of hydrogen-bond donors (Lipinski definition) is 0. The molecule has 0 atom stereocenters. The van der Waals surface area contributed by atoms with E-state index in [0.717, 1.165) is 33.1 Å². The molecule has 0 radical (unpaired) electrons. The van der Waals surface area contributed by atoms with Gasteiger partial charge in [-0.1, -0.05) is 60.7 Å². The van der Waals surface area contributed by atoms with E-state index < -0.39 is 0 Å². The van der Waals surface area contributed by atoms with Crippen LogP contribution in [0.1, 0.15) is 11.1 Å². The second-order valence-electron chi connectivity index (χ2n) is 9.43. The largest absolute Gasteiger partial charge is 0.456 e. The minimum atomic E-state index is 0.915. The lowest BCUT2D eigenvalue weighted by atomic mass is 9.88. The Balaban J connectivity index is 1.78. The molecule has 0 spiro atoms. The van der Waals surface area contributed by atoms with Crippen molar-refractivity contribution in [3.8, 4) is 0 Å². The summed E-state index contributed by atoms with van der Waals surface area (Å²) in [5, 5.41) is 11.9. The monoisotopic (exact) mass is 436 g/mol. The summed E-state index contributed by atoms with van der Waals surface area (Å²) < 4.78 is 13.2. The van der Waals surface area contributed by atoms with E-state index in [2.05, 4.69) is 98.8 Å². The average molecular weight is 437 g/mol. The first-order chi connectivity index (χ1) is 16.7. The minimum Gasteiger partial charge on any atom is -0.456 e. The van der Waals surface area contributed by atoms with Gasteiger partial charge in [-0.05, 0) is 65.4 Å². The molecule has 2 heteroatoms. The zero-order valence-corrected chi connectivity index (χ0v) is 18.9. The minimum absolute atomic E-state index is 0.915. The van der Waals surface area contributed by atoms with E-state index in [9.17, 15) is 0 Å². The molecule has 0 bridgehead atoms. The van der Waals surface area contributed by atoms with Crippen LogP contribution in [-0.2, 0) is 0 Å². The Morgan fingerprint density at radius 2 is 1.18 bits per heavy atom. The second-order valence-corrected chi connectivity index (χ2v) is 9.43. The van der Waals surface area contributed by atoms with Gasteiger partial charge in [0.2, 0.25) is 0 Å². The molecule has 2 heterocycles. The fraction of sp³-hybridized carbons (Fsp3) is 0.0625. The van der Waals surface area contributed by atoms with Crippen molar-refractivity contribution in [1.29, 1.82) is 0 Å². The molecule has 0 aliphatic rings. The summed E-state index contributed by atoms with van der Waals surface area (Å²) in [6, 6.07) is 30.1. The van der Waals surface area contributed by atoms with Crippen molar-refractivity contribution in [1.82, 2.24) is 0 Å². The molecule has 0 saturated carbocycles. The van der Waals surface area contributed by atoms with E-state index in [1.54, 1.807) is 0 Å². The molecule has 0 fully saturated rings. The molecule has 34 heavy (non-hydrogen) atoms. The summed E-state index contributed by atoms with van der Waals surface area (Å²) in [4.78, 5) is 0. The molecule has 160 valence electrons. The van der Waals surface area contributed by atoms with E-state index >= 15 is 0 Å². The number of fused-ring (bicyclic) bond motifs is 8. The molecule has 2 nitrogen and oxygen atoms in total. The zero-order valence-electron chi connectivity index (χ0n) is 18.9. The van der Waals surface area contributed by atoms with Crippen LogP contribution in [0.2, 0.25) is 0 Å². The Hall–Kier alpha value is -4.30. The van der Waals surface area contributed by atoms with Gasteiger partial charge in [-0.2, -0.15) is 0 Å². The third-order valence-corrected chi connectivity index (χ3v) is 7.37. The lowest BCUT2D eigenvalue weighted by molar-refractivity contribution is 0.661. The highest BCUT2D eigenvalue weighted by molar-refractivity contribution is 6.40. The maximum atomic E-state index is 6.67. The first-order valence-corrected chi connectivity index (χ1v) is 11.7. The molecule has 8 rings (SSSR count). The van der Waals surface area contributed by atoms with Gasteiger partial charge in [-0.25, -0.2) is 0 Å². The first-order valence-electron chi connectivity index (χ1n) is 11.7. The van der Waals surface area contributed by atoms with Crippen LogP contribution in [0, 0.1) is 13.8 Å². The van der Waals surface area contributed by atoms with Gasteiger partial charge in [-0.15, -0.1) is 0 Å². The van der Waals surface area contributed by atoms with E-state index in [4.69, 9.17) is 8.83 Å². The van der Waals surface area contributed by atoms with Crippen molar-refractivity contribution in [2.45, 2.75) is 13.8 Å². The maximum Gasteiger partial charge on any atom is 0.143 e. The standard InChI is InChI=1S/C32H20O2/c1-17-15-18(2)27-26(16-17)33-24-11-5-9-21-28-23-14-13-19-7-3-4-8-20(19)32(23)34-25-12-6-10-22(29(25)28)31(27)30(21)24/h3-16H,1-2H3. The van der Waals surface area contributed by atoms with Crippen molar-refractivity contribution in [2.24, 2.45) is 0 Å². The highest BCUT2D eigenvalue weighted by Crippen LogP contribution is 2.47. The van der Waals surface area contributed by atoms with Crippen LogP contribution >= 0.6 is 0 Å². The number of aryl methyl sites for hydroxylation is 2. The fourth-order valence-electron chi connectivity index (χ4n) is 6.08. The maximum absolute atomic E-state index is 6.67. The summed E-state index contributed by atoms with van der Waals surface area (Å²) in [6.45, 7) is 4.31. The Bertz CT molecular complexity index is 2140. The highest BCUT2D eigenvalue weighted by Gasteiger charge is 2.21. The van der Waals surface area contributed by atoms with Gasteiger partial charge in [0.05, 0.1) is 0 Å². The van der Waals surface area contributed by atoms with Crippen LogP contribution in [0.25, 0.3) is 76.2 Å². The number of benzene rings is 6. The average Bonchev–Trinajstić information content (AvgIpc) is 2.85. The summed E-state index contributed by atoms with van der Waals surface area (Å²) >= 11 is 0. The Kier molecular flexibility index (Phi) is 3.30. The molecule has 0 unspecified atom stereocenters. The summed E-state index contributed by atoms with van der Waals surface area (Å²) in [5.41, 5.74) is 6.14. The van der Waals surface area contributed by atoms with Crippen molar-refractivity contribution < 1.29 is 8.83 Å². The van der Waals surface area contributed by atoms with Gasteiger partial charge in [0.15, 0.2) is 0 Å². The van der Waals surface area contributed by atoms with Crippen molar-refractivity contribution in [3.05, 3.63) is 96.1 Å². The van der Waals surface area contributed by atoms with Crippen molar-refractivity contribution in [3.63, 3.8) is 0 Å². The first kappa shape index (κ1) is 18.2. The molecule has 0 aliphatic heterocycles. The molecule has 2 aromatic heterocycles. The number of hydrogen-bond acceptors (Lipinski definition) is 2. The van der Waals surface area contributed by atoms with Crippen LogP contribution in [-0.4, -0.2) is 0 Å². The van der Waals surface area contributed by atoms with Crippen LogP contribution in [0.4, 0.5) is 0 Å². The summed E-state index contributed by atoms with van der Waals surface area (Å²) in [7, 11) is 0. The zero-order chi connectivity index (χ0) is 22.6. The topological polar surface area (TPSA) is 26.3 Å². The van der Waals surface area contributed by atoms with Crippen LogP contribution in [0.15, 0.2) is 93.8 Å². The van der Waals surface area contributed by atoms with E-state index in [0.29, 0.717) is 0 Å². The van der Waals surface area contributed by atoms with Gasteiger partial charge in [-0.3, -0.25) is 0 Å². The fourth-order valence-corrected chi connectivity index (χ4v) is 6.08. The summed E-state index contributed by atoms with van der Waals surface area (Å²) in [5.74, 6) is 0. The van der Waals surface area contributed by atoms with Crippen LogP contribution in [0.5, 0.6) is 0 Å². The molecule has 8 aromatic rings.